The van der Waals surface area contributed by atoms with Crippen molar-refractivity contribution < 1.29 is 9.18 Å². The number of carbonyl (C=O) groups excluding carboxylic acids is 1. The number of ketones is 1. The van der Waals surface area contributed by atoms with E-state index in [0.717, 1.165) is 36.5 Å². The first kappa shape index (κ1) is 22.9. The Hall–Kier alpha value is -1.49. The highest BCUT2D eigenvalue weighted by Crippen LogP contribution is 2.67. The molecule has 0 amide bonds. The number of benzene rings is 1. The summed E-state index contributed by atoms with van der Waals surface area (Å²) in [5.41, 5.74) is 1.16. The van der Waals surface area contributed by atoms with Crippen LogP contribution in [0.2, 0.25) is 5.02 Å². The number of aromatic nitrogens is 3. The Kier molecular flexibility index (Phi) is 5.41. The second-order valence-corrected chi connectivity index (χ2v) is 13.0. The number of fused-ring (bicyclic) bond motifs is 6. The van der Waals surface area contributed by atoms with Crippen molar-refractivity contribution in [3.8, 4) is 0 Å². The fourth-order valence-electron chi connectivity index (χ4n) is 9.29. The highest BCUT2D eigenvalue weighted by atomic mass is 35.5. The number of Topliss-reactive ketones (excluding diaryl/α,β-unsaturated/α-hetero) is 1. The van der Waals surface area contributed by atoms with Crippen LogP contribution in [0.5, 0.6) is 0 Å². The number of hydrogen-bond acceptors (Lipinski definition) is 3. The van der Waals surface area contributed by atoms with Crippen LogP contribution in [0, 0.1) is 52.2 Å². The van der Waals surface area contributed by atoms with E-state index >= 15 is 0 Å². The monoisotopic (exact) mass is 485 g/mol. The van der Waals surface area contributed by atoms with Gasteiger partial charge in [0, 0.05) is 5.92 Å². The Morgan fingerprint density at radius 1 is 1.06 bits per heavy atom. The molecule has 2 aromatic rings. The van der Waals surface area contributed by atoms with Crippen LogP contribution < -0.4 is 0 Å². The maximum Gasteiger partial charge on any atom is 0.171 e. The Labute approximate surface area is 207 Å². The van der Waals surface area contributed by atoms with Crippen LogP contribution in [0.1, 0.15) is 78.6 Å². The molecule has 0 spiro atoms. The van der Waals surface area contributed by atoms with E-state index in [4.69, 9.17) is 11.6 Å². The van der Waals surface area contributed by atoms with E-state index in [0.29, 0.717) is 16.8 Å². The van der Waals surface area contributed by atoms with E-state index in [2.05, 4.69) is 31.0 Å². The van der Waals surface area contributed by atoms with Gasteiger partial charge >= 0.3 is 0 Å². The summed E-state index contributed by atoms with van der Waals surface area (Å²) in [7, 11) is 0. The summed E-state index contributed by atoms with van der Waals surface area (Å²) in [6.07, 6.45) is 11.5. The fraction of sp³-hybridized carbons (Fsp3) is 0.750. The maximum absolute atomic E-state index is 14.3. The highest BCUT2D eigenvalue weighted by molar-refractivity contribution is 6.31. The molecule has 0 saturated heterocycles. The molecule has 4 aliphatic carbocycles. The van der Waals surface area contributed by atoms with Gasteiger partial charge in [0.2, 0.25) is 0 Å². The zero-order chi connectivity index (χ0) is 23.8. The van der Waals surface area contributed by atoms with Gasteiger partial charge in [0.05, 0.1) is 5.02 Å². The zero-order valence-electron chi connectivity index (χ0n) is 20.7. The Morgan fingerprint density at radius 3 is 2.65 bits per heavy atom. The van der Waals surface area contributed by atoms with E-state index in [1.807, 2.05) is 0 Å². The van der Waals surface area contributed by atoms with Crippen molar-refractivity contribution in [2.75, 3.05) is 0 Å². The first-order chi connectivity index (χ1) is 16.2. The van der Waals surface area contributed by atoms with Crippen molar-refractivity contribution >= 4 is 28.4 Å². The van der Waals surface area contributed by atoms with Crippen LogP contribution in [0.3, 0.4) is 0 Å². The van der Waals surface area contributed by atoms with Crippen molar-refractivity contribution in [1.82, 2.24) is 15.0 Å². The minimum Gasteiger partial charge on any atom is -0.297 e. The summed E-state index contributed by atoms with van der Waals surface area (Å²) in [6.45, 7) is 7.56. The molecule has 0 aliphatic heterocycles. The van der Waals surface area contributed by atoms with Crippen LogP contribution in [-0.2, 0) is 11.3 Å². The van der Waals surface area contributed by atoms with Gasteiger partial charge in [-0.15, -0.1) is 5.10 Å². The normalized spacial score (nSPS) is 41.7. The molecule has 8 atom stereocenters. The molecular formula is C28H37ClFN3O. The number of carbonyl (C=O) groups is 1. The lowest BCUT2D eigenvalue weighted by atomic mass is 9.44. The van der Waals surface area contributed by atoms with E-state index in [1.165, 1.54) is 55.8 Å². The number of halogens is 2. The summed E-state index contributed by atoms with van der Waals surface area (Å²) in [6, 6.07) is 3.15. The molecule has 0 radical (unpaired) electrons. The average molecular weight is 486 g/mol. The van der Waals surface area contributed by atoms with Crippen LogP contribution >= 0.6 is 11.6 Å². The van der Waals surface area contributed by atoms with Crippen LogP contribution in [-0.4, -0.2) is 20.8 Å². The largest absolute Gasteiger partial charge is 0.297 e. The summed E-state index contributed by atoms with van der Waals surface area (Å²) >= 11 is 5.90. The molecule has 4 saturated carbocycles. The second kappa shape index (κ2) is 8.01. The molecule has 6 rings (SSSR count). The molecule has 4 aliphatic rings. The van der Waals surface area contributed by atoms with Gasteiger partial charge in [0.1, 0.15) is 17.6 Å². The van der Waals surface area contributed by atoms with Gasteiger partial charge in [-0.25, -0.2) is 4.39 Å². The van der Waals surface area contributed by atoms with E-state index in [1.54, 1.807) is 6.07 Å². The predicted octanol–water partition coefficient (Wildman–Crippen LogP) is 7.09. The van der Waals surface area contributed by atoms with Gasteiger partial charge in [-0.2, -0.15) is 9.90 Å². The molecule has 4 nitrogen and oxygen atoms in total. The lowest BCUT2D eigenvalue weighted by molar-refractivity contribution is -0.137. The van der Waals surface area contributed by atoms with Crippen molar-refractivity contribution in [3.05, 3.63) is 23.0 Å². The summed E-state index contributed by atoms with van der Waals surface area (Å²) in [5, 5.41) is 8.66. The Morgan fingerprint density at radius 2 is 1.82 bits per heavy atom. The topological polar surface area (TPSA) is 47.8 Å². The third kappa shape index (κ3) is 3.32. The Bertz CT molecular complexity index is 1130. The van der Waals surface area contributed by atoms with Crippen LogP contribution in [0.15, 0.2) is 12.1 Å². The summed E-state index contributed by atoms with van der Waals surface area (Å²) in [4.78, 5) is 14.9. The summed E-state index contributed by atoms with van der Waals surface area (Å²) < 4.78 is 14.3. The third-order valence-corrected chi connectivity index (χ3v) is 11.4. The van der Waals surface area contributed by atoms with E-state index < -0.39 is 5.82 Å². The Balaban J connectivity index is 1.21. The van der Waals surface area contributed by atoms with Gasteiger partial charge in [-0.1, -0.05) is 38.8 Å². The van der Waals surface area contributed by atoms with Gasteiger partial charge in [-0.3, -0.25) is 4.79 Å². The smallest absolute Gasteiger partial charge is 0.171 e. The minimum atomic E-state index is -0.565. The molecule has 1 heterocycles. The SMILES string of the molecule is C[C@H]1CC[C@@]2(C)[C@@H](CC[C@@H]3[C@@H]2CC[C@]2(C)[C@@H](C(=O)Cn4nc5ccc(Cl)c(F)c5n4)CC[C@@H]32)C1. The molecule has 184 valence electrons. The second-order valence-electron chi connectivity index (χ2n) is 12.6. The van der Waals surface area contributed by atoms with Crippen molar-refractivity contribution in [2.24, 2.45) is 46.3 Å². The maximum atomic E-state index is 14.3. The van der Waals surface area contributed by atoms with Crippen LogP contribution in [0.25, 0.3) is 11.0 Å². The number of rotatable bonds is 3. The highest BCUT2D eigenvalue weighted by Gasteiger charge is 2.60. The quantitative estimate of drug-likeness (QED) is 0.466. The molecule has 0 unspecified atom stereocenters. The molecule has 0 N–H and O–H groups in total. The zero-order valence-corrected chi connectivity index (χ0v) is 21.5. The molecular weight excluding hydrogens is 449 g/mol. The molecule has 34 heavy (non-hydrogen) atoms. The molecule has 1 aromatic carbocycles. The third-order valence-electron chi connectivity index (χ3n) is 11.1. The molecule has 6 heteroatoms. The number of nitrogens with zero attached hydrogens (tertiary/aromatic N) is 3. The first-order valence-electron chi connectivity index (χ1n) is 13.4. The predicted molar refractivity (Wildman–Crippen MR) is 132 cm³/mol. The van der Waals surface area contributed by atoms with E-state index in [9.17, 15) is 9.18 Å². The van der Waals surface area contributed by atoms with Gasteiger partial charge in [-0.05, 0) is 104 Å². The average Bonchev–Trinajstić information content (AvgIpc) is 3.37. The molecule has 0 bridgehead atoms. The lowest BCUT2D eigenvalue weighted by Gasteiger charge is -2.61. The van der Waals surface area contributed by atoms with Crippen molar-refractivity contribution in [1.29, 1.82) is 0 Å². The number of hydrogen-bond donors (Lipinski definition) is 0. The molecule has 4 fully saturated rings. The molecule has 1 aromatic heterocycles. The van der Waals surface area contributed by atoms with Crippen LogP contribution in [0.4, 0.5) is 4.39 Å². The van der Waals surface area contributed by atoms with Crippen molar-refractivity contribution in [2.45, 2.75) is 85.1 Å². The minimum absolute atomic E-state index is 0.0321. The van der Waals surface area contributed by atoms with Gasteiger partial charge in [0.15, 0.2) is 11.6 Å². The summed E-state index contributed by atoms with van der Waals surface area (Å²) in [5.74, 6) is 3.73. The fourth-order valence-corrected chi connectivity index (χ4v) is 9.44. The first-order valence-corrected chi connectivity index (χ1v) is 13.8. The van der Waals surface area contributed by atoms with Crippen molar-refractivity contribution in [3.63, 3.8) is 0 Å². The standard InChI is InChI=1S/C28H37ClFN3O/c1-16-10-12-27(2)17(14-16)4-5-18-19-6-7-21(28(19,3)13-11-20(18)27)24(34)15-33-31-23-9-8-22(29)25(30)26(23)32-33/h8-9,16-21H,4-7,10-15H2,1-3H3/t16-,17-,18-,19-,20-,21+,27-,28-/m0/s1. The van der Waals surface area contributed by atoms with E-state index in [-0.39, 0.29) is 34.2 Å². The lowest BCUT2D eigenvalue weighted by Crippen LogP contribution is -2.53. The van der Waals surface area contributed by atoms with Gasteiger partial charge < -0.3 is 0 Å². The van der Waals surface area contributed by atoms with Gasteiger partial charge in [0.25, 0.3) is 0 Å².